The fourth-order valence-corrected chi connectivity index (χ4v) is 3.22. The Morgan fingerprint density at radius 2 is 1.91 bits per heavy atom. The number of nitrogens with zero attached hydrogens (tertiary/aromatic N) is 5. The molecule has 0 unspecified atom stereocenters. The third-order valence-corrected chi connectivity index (χ3v) is 4.93. The smallest absolute Gasteiger partial charge is 0.190 e. The van der Waals surface area contributed by atoms with E-state index >= 15 is 0 Å². The number of aryl methyl sites for hydroxylation is 1. The Kier molecular flexibility index (Phi) is 10.2. The number of anilines is 1. The summed E-state index contributed by atoms with van der Waals surface area (Å²) in [7, 11) is 1.73. The maximum Gasteiger partial charge on any atom is 0.190 e. The molecule has 0 bridgehead atoms. The Labute approximate surface area is 209 Å². The second-order valence-electron chi connectivity index (χ2n) is 6.83. The number of nitrogen functional groups attached to an aromatic ring is 1. The molecule has 3 rings (SSSR count). The van der Waals surface area contributed by atoms with Crippen molar-refractivity contribution in [1.29, 1.82) is 5.26 Å². The zero-order valence-corrected chi connectivity index (χ0v) is 20.8. The van der Waals surface area contributed by atoms with Crippen LogP contribution < -0.4 is 16.4 Å². The number of hydrogen-bond acceptors (Lipinski definition) is 5. The van der Waals surface area contributed by atoms with Gasteiger partial charge in [0.05, 0.1) is 11.4 Å². The predicted molar refractivity (Wildman–Crippen MR) is 139 cm³/mol. The van der Waals surface area contributed by atoms with Gasteiger partial charge in [-0.1, -0.05) is 35.9 Å². The Morgan fingerprint density at radius 3 is 2.56 bits per heavy atom. The van der Waals surface area contributed by atoms with Crippen LogP contribution in [0.4, 0.5) is 5.82 Å². The molecule has 2 heterocycles. The molecule has 0 atom stereocenters. The lowest BCUT2D eigenvalue weighted by molar-refractivity contribution is 0.720. The molecule has 2 aromatic heterocycles. The van der Waals surface area contributed by atoms with Crippen LogP contribution in [0.3, 0.4) is 0 Å². The number of aliphatic imine (C=N–C) groups is 1. The molecule has 0 fully saturated rings. The number of guanidine groups is 1. The second-order valence-corrected chi connectivity index (χ2v) is 7.22. The number of halogens is 2. The highest BCUT2D eigenvalue weighted by Gasteiger charge is 2.16. The first-order chi connectivity index (χ1) is 15.1. The van der Waals surface area contributed by atoms with Gasteiger partial charge in [0, 0.05) is 26.3 Å². The Hall–Kier alpha value is -2.84. The van der Waals surface area contributed by atoms with Crippen LogP contribution >= 0.6 is 35.6 Å². The van der Waals surface area contributed by atoms with Crippen LogP contribution in [0.5, 0.6) is 0 Å². The number of rotatable bonds is 8. The van der Waals surface area contributed by atoms with Crippen molar-refractivity contribution < 1.29 is 0 Å². The van der Waals surface area contributed by atoms with Gasteiger partial charge >= 0.3 is 0 Å². The maximum atomic E-state index is 9.51. The van der Waals surface area contributed by atoms with Crippen LogP contribution in [-0.2, 0) is 12.8 Å². The zero-order chi connectivity index (χ0) is 22.1. The van der Waals surface area contributed by atoms with Gasteiger partial charge in [0.25, 0.3) is 0 Å². The number of benzene rings is 1. The van der Waals surface area contributed by atoms with Crippen LogP contribution in [0.15, 0.2) is 53.7 Å². The standard InChI is InChI=1S/C22H25ClN8.HI/c1-26-22(28-13-11-16-9-10-20(23)29-15-16)27-12-5-8-19-18(14-24)21(25)31(30-19)17-6-3-2-4-7-17;/h2-4,6-7,9-10,15H,5,8,11-13,25H2,1H3,(H2,26,27,28);1H. The average molecular weight is 565 g/mol. The lowest BCUT2D eigenvalue weighted by Crippen LogP contribution is -2.38. The Morgan fingerprint density at radius 1 is 1.16 bits per heavy atom. The van der Waals surface area contributed by atoms with Crippen LogP contribution in [-0.4, -0.2) is 40.9 Å². The maximum absolute atomic E-state index is 9.51. The van der Waals surface area contributed by atoms with Crippen LogP contribution in [0.2, 0.25) is 5.15 Å². The summed E-state index contributed by atoms with van der Waals surface area (Å²) >= 11 is 5.81. The van der Waals surface area contributed by atoms with E-state index in [1.807, 2.05) is 36.4 Å². The van der Waals surface area contributed by atoms with Gasteiger partial charge in [-0.3, -0.25) is 4.99 Å². The quantitative estimate of drug-likeness (QED) is 0.127. The van der Waals surface area contributed by atoms with E-state index in [0.29, 0.717) is 35.2 Å². The molecule has 10 heteroatoms. The van der Waals surface area contributed by atoms with Crippen molar-refractivity contribution in [2.75, 3.05) is 25.9 Å². The van der Waals surface area contributed by atoms with Gasteiger partial charge in [-0.15, -0.1) is 24.0 Å². The molecule has 0 aliphatic rings. The minimum Gasteiger partial charge on any atom is -0.382 e. The average Bonchev–Trinajstić information content (AvgIpc) is 3.12. The number of para-hydroxylation sites is 1. The summed E-state index contributed by atoms with van der Waals surface area (Å²) in [6.45, 7) is 1.41. The lowest BCUT2D eigenvalue weighted by atomic mass is 10.1. The fourth-order valence-electron chi connectivity index (χ4n) is 3.10. The van der Waals surface area contributed by atoms with E-state index in [1.165, 1.54) is 0 Å². The van der Waals surface area contributed by atoms with Crippen molar-refractivity contribution in [2.45, 2.75) is 19.3 Å². The van der Waals surface area contributed by atoms with Gasteiger partial charge in [-0.05, 0) is 43.0 Å². The van der Waals surface area contributed by atoms with Crippen LogP contribution in [0, 0.1) is 11.3 Å². The van der Waals surface area contributed by atoms with E-state index in [0.717, 1.165) is 36.6 Å². The minimum atomic E-state index is 0. The lowest BCUT2D eigenvalue weighted by Gasteiger charge is -2.11. The van der Waals surface area contributed by atoms with Gasteiger partial charge in [0.15, 0.2) is 5.96 Å². The molecule has 0 amide bonds. The highest BCUT2D eigenvalue weighted by Crippen LogP contribution is 2.21. The molecular weight excluding hydrogens is 539 g/mol. The fraction of sp³-hybridized carbons (Fsp3) is 0.273. The Balaban J connectivity index is 0.00000363. The molecule has 0 saturated carbocycles. The second kappa shape index (κ2) is 12.9. The molecule has 3 aromatic rings. The summed E-state index contributed by atoms with van der Waals surface area (Å²) in [5.41, 5.74) is 9.22. The van der Waals surface area contributed by atoms with Crippen LogP contribution in [0.1, 0.15) is 23.2 Å². The van der Waals surface area contributed by atoms with Crippen molar-refractivity contribution in [2.24, 2.45) is 4.99 Å². The number of nitriles is 1. The number of pyridine rings is 1. The molecule has 1 aromatic carbocycles. The monoisotopic (exact) mass is 564 g/mol. The first-order valence-corrected chi connectivity index (χ1v) is 10.4. The topological polar surface area (TPSA) is 117 Å². The van der Waals surface area contributed by atoms with Gasteiger partial charge in [0.1, 0.15) is 22.6 Å². The predicted octanol–water partition coefficient (Wildman–Crippen LogP) is 3.33. The molecule has 168 valence electrons. The molecule has 0 aliphatic carbocycles. The molecule has 32 heavy (non-hydrogen) atoms. The van der Waals surface area contributed by atoms with Crippen LogP contribution in [0.25, 0.3) is 5.69 Å². The molecule has 0 aliphatic heterocycles. The third-order valence-electron chi connectivity index (χ3n) is 4.71. The molecule has 8 nitrogen and oxygen atoms in total. The normalized spacial score (nSPS) is 10.8. The van der Waals surface area contributed by atoms with Gasteiger partial charge < -0.3 is 16.4 Å². The number of hydrogen-bond donors (Lipinski definition) is 3. The van der Waals surface area contributed by atoms with Crippen molar-refractivity contribution >= 4 is 47.4 Å². The number of nitrogens with two attached hydrogens (primary N) is 1. The number of nitrogens with one attached hydrogen (secondary N) is 2. The molecular formula is C22H26ClIN8. The van der Waals surface area contributed by atoms with Crippen molar-refractivity contribution in [3.05, 3.63) is 70.6 Å². The number of aromatic nitrogens is 3. The van der Waals surface area contributed by atoms with E-state index in [4.69, 9.17) is 17.3 Å². The van der Waals surface area contributed by atoms with Crippen molar-refractivity contribution in [3.63, 3.8) is 0 Å². The Bertz CT molecular complexity index is 1060. The summed E-state index contributed by atoms with van der Waals surface area (Å²) in [5, 5.41) is 21.1. The van der Waals surface area contributed by atoms with E-state index < -0.39 is 0 Å². The van der Waals surface area contributed by atoms with Gasteiger partial charge in [-0.25, -0.2) is 9.67 Å². The van der Waals surface area contributed by atoms with Crippen molar-refractivity contribution in [3.8, 4) is 11.8 Å². The van der Waals surface area contributed by atoms with Gasteiger partial charge in [-0.2, -0.15) is 10.4 Å². The SMILES string of the molecule is CN=C(NCCCc1nn(-c2ccccc2)c(N)c1C#N)NCCc1ccc(Cl)nc1.I. The molecule has 0 radical (unpaired) electrons. The zero-order valence-electron chi connectivity index (χ0n) is 17.8. The van der Waals surface area contributed by atoms with Gasteiger partial charge in [0.2, 0.25) is 0 Å². The molecule has 0 spiro atoms. The summed E-state index contributed by atoms with van der Waals surface area (Å²) in [6.07, 6.45) is 3.99. The minimum absolute atomic E-state index is 0. The van der Waals surface area contributed by atoms with E-state index in [-0.39, 0.29) is 24.0 Å². The summed E-state index contributed by atoms with van der Waals surface area (Å²) in [4.78, 5) is 8.32. The first-order valence-electron chi connectivity index (χ1n) is 10.00. The highest BCUT2D eigenvalue weighted by atomic mass is 127. The van der Waals surface area contributed by atoms with E-state index in [2.05, 4.69) is 31.8 Å². The highest BCUT2D eigenvalue weighted by molar-refractivity contribution is 14.0. The summed E-state index contributed by atoms with van der Waals surface area (Å²) in [6, 6.07) is 15.5. The van der Waals surface area contributed by atoms with Crippen molar-refractivity contribution in [1.82, 2.24) is 25.4 Å². The molecule has 0 saturated heterocycles. The van der Waals surface area contributed by atoms with E-state index in [1.54, 1.807) is 24.0 Å². The molecule has 4 N–H and O–H groups in total. The largest absolute Gasteiger partial charge is 0.382 e. The first kappa shape index (κ1) is 25.4. The summed E-state index contributed by atoms with van der Waals surface area (Å²) < 4.78 is 1.62. The van der Waals surface area contributed by atoms with E-state index in [9.17, 15) is 5.26 Å². The summed E-state index contributed by atoms with van der Waals surface area (Å²) in [5.74, 6) is 1.09. The third kappa shape index (κ3) is 6.83.